The van der Waals surface area contributed by atoms with Crippen molar-refractivity contribution in [2.45, 2.75) is 32.1 Å². The van der Waals surface area contributed by atoms with Crippen molar-refractivity contribution in [2.75, 3.05) is 0 Å². The van der Waals surface area contributed by atoms with Crippen LogP contribution in [0.15, 0.2) is 28.7 Å². The summed E-state index contributed by atoms with van der Waals surface area (Å²) in [5.74, 6) is 0. The van der Waals surface area contributed by atoms with Crippen molar-refractivity contribution in [1.82, 2.24) is 4.98 Å². The molecule has 0 bridgehead atoms. The summed E-state index contributed by atoms with van der Waals surface area (Å²) in [5, 5.41) is 1.31. The van der Waals surface area contributed by atoms with Gasteiger partial charge < -0.3 is 0 Å². The van der Waals surface area contributed by atoms with Crippen LogP contribution in [0.2, 0.25) is 0 Å². The molecule has 2 aromatic rings. The van der Waals surface area contributed by atoms with Crippen molar-refractivity contribution in [3.05, 3.63) is 38.6 Å². The Morgan fingerprint density at radius 2 is 2.00 bits per heavy atom. The molecule has 17 heavy (non-hydrogen) atoms. The smallest absolute Gasteiger partial charge is 0.0994 e. The van der Waals surface area contributed by atoms with Crippen LogP contribution >= 0.6 is 27.3 Å². The molecule has 0 atom stereocenters. The van der Waals surface area contributed by atoms with Crippen LogP contribution < -0.4 is 0 Å². The zero-order valence-electron chi connectivity index (χ0n) is 9.96. The van der Waals surface area contributed by atoms with Crippen molar-refractivity contribution < 1.29 is 0 Å². The predicted molar refractivity (Wildman–Crippen MR) is 76.6 cm³/mol. The molecule has 1 aromatic carbocycles. The lowest BCUT2D eigenvalue weighted by Crippen LogP contribution is -1.97. The summed E-state index contributed by atoms with van der Waals surface area (Å²) in [4.78, 5) is 6.18. The maximum absolute atomic E-state index is 4.86. The molecule has 0 aliphatic heterocycles. The number of hydrogen-bond donors (Lipinski definition) is 0. The minimum atomic E-state index is 0.370. The first kappa shape index (κ1) is 11.4. The molecule has 0 saturated heterocycles. The minimum absolute atomic E-state index is 0.370. The second-order valence-corrected chi connectivity index (χ2v) is 7.02. The van der Waals surface area contributed by atoms with Crippen molar-refractivity contribution in [2.24, 2.45) is 0 Å². The molecular weight excluding hydrogens is 294 g/mol. The first-order chi connectivity index (χ1) is 8.10. The van der Waals surface area contributed by atoms with Gasteiger partial charge >= 0.3 is 0 Å². The average molecular weight is 308 g/mol. The van der Waals surface area contributed by atoms with E-state index in [2.05, 4.69) is 48.0 Å². The van der Waals surface area contributed by atoms with E-state index in [9.17, 15) is 0 Å². The van der Waals surface area contributed by atoms with E-state index in [4.69, 9.17) is 4.98 Å². The highest BCUT2D eigenvalue weighted by Crippen LogP contribution is 2.50. The van der Waals surface area contributed by atoms with Crippen LogP contribution in [0.5, 0.6) is 0 Å². The monoisotopic (exact) mass is 307 g/mol. The van der Waals surface area contributed by atoms with Crippen molar-refractivity contribution >= 4 is 27.3 Å². The number of rotatable bonds is 2. The van der Waals surface area contributed by atoms with Gasteiger partial charge in [0.05, 0.1) is 10.7 Å². The Morgan fingerprint density at radius 1 is 1.29 bits per heavy atom. The summed E-state index contributed by atoms with van der Waals surface area (Å²) in [5.41, 5.74) is 2.72. The molecule has 0 unspecified atom stereocenters. The highest BCUT2D eigenvalue weighted by Gasteiger charge is 2.42. The fraction of sp³-hybridized carbons (Fsp3) is 0.357. The molecule has 1 nitrogen and oxygen atoms in total. The molecule has 88 valence electrons. The average Bonchev–Trinajstić information content (AvgIpc) is 2.93. The number of aromatic nitrogens is 1. The molecule has 0 N–H and O–H groups in total. The van der Waals surface area contributed by atoms with E-state index in [1.54, 1.807) is 0 Å². The molecule has 1 heterocycles. The second-order valence-electron chi connectivity index (χ2n) is 4.96. The molecule has 0 radical (unpaired) electrons. The van der Waals surface area contributed by atoms with Crippen LogP contribution in [0.4, 0.5) is 0 Å². The third kappa shape index (κ3) is 1.95. The molecule has 1 aliphatic rings. The molecule has 1 aliphatic carbocycles. The predicted octanol–water partition coefficient (Wildman–Crippen LogP) is 4.93. The lowest BCUT2D eigenvalue weighted by molar-refractivity contribution is 0.777. The number of benzene rings is 1. The standard InChI is InChI=1S/C14H14BrNS/c1-9-12(10-5-3-4-6-11(10)15)16-13(17-9)14(2)7-8-14/h3-6H,7-8H2,1-2H3. The molecule has 1 fully saturated rings. The SMILES string of the molecule is Cc1sc(C2(C)CC2)nc1-c1ccccc1Br. The van der Waals surface area contributed by atoms with Crippen molar-refractivity contribution in [3.63, 3.8) is 0 Å². The van der Waals surface area contributed by atoms with Gasteiger partial charge in [-0.25, -0.2) is 4.98 Å². The lowest BCUT2D eigenvalue weighted by Gasteiger charge is -2.02. The molecule has 3 heteroatoms. The second kappa shape index (κ2) is 3.92. The van der Waals surface area contributed by atoms with E-state index in [0.717, 1.165) is 10.2 Å². The van der Waals surface area contributed by atoms with E-state index in [0.29, 0.717) is 5.41 Å². The number of nitrogens with zero attached hydrogens (tertiary/aromatic N) is 1. The first-order valence-electron chi connectivity index (χ1n) is 5.83. The van der Waals surface area contributed by atoms with E-state index >= 15 is 0 Å². The Hall–Kier alpha value is -0.670. The summed E-state index contributed by atoms with van der Waals surface area (Å²) < 4.78 is 1.13. The first-order valence-corrected chi connectivity index (χ1v) is 7.44. The maximum Gasteiger partial charge on any atom is 0.0994 e. The van der Waals surface area contributed by atoms with Gasteiger partial charge in [-0.15, -0.1) is 11.3 Å². The van der Waals surface area contributed by atoms with E-state index in [1.165, 1.54) is 28.3 Å². The summed E-state index contributed by atoms with van der Waals surface area (Å²) in [6.07, 6.45) is 2.57. The fourth-order valence-electron chi connectivity index (χ4n) is 1.96. The number of hydrogen-bond acceptors (Lipinski definition) is 2. The van der Waals surface area contributed by atoms with Gasteiger partial charge in [-0.3, -0.25) is 0 Å². The maximum atomic E-state index is 4.86. The highest BCUT2D eigenvalue weighted by molar-refractivity contribution is 9.10. The summed E-state index contributed by atoms with van der Waals surface area (Å²) in [6, 6.07) is 8.31. The Bertz CT molecular complexity index is 569. The third-order valence-electron chi connectivity index (χ3n) is 3.44. The van der Waals surface area contributed by atoms with Gasteiger partial charge in [-0.2, -0.15) is 0 Å². The Labute approximate surface area is 114 Å². The van der Waals surface area contributed by atoms with Crippen LogP contribution in [0, 0.1) is 6.92 Å². The molecule has 0 amide bonds. The van der Waals surface area contributed by atoms with E-state index in [-0.39, 0.29) is 0 Å². The molecule has 3 rings (SSSR count). The van der Waals surface area contributed by atoms with Crippen LogP contribution in [-0.2, 0) is 5.41 Å². The normalized spacial score (nSPS) is 17.1. The third-order valence-corrected chi connectivity index (χ3v) is 5.41. The van der Waals surface area contributed by atoms with Crippen LogP contribution in [-0.4, -0.2) is 4.98 Å². The van der Waals surface area contributed by atoms with E-state index < -0.39 is 0 Å². The van der Waals surface area contributed by atoms with Gasteiger partial charge in [-0.05, 0) is 25.8 Å². The van der Waals surface area contributed by atoms with Crippen LogP contribution in [0.3, 0.4) is 0 Å². The topological polar surface area (TPSA) is 12.9 Å². The van der Waals surface area contributed by atoms with Gasteiger partial charge in [-0.1, -0.05) is 41.1 Å². The minimum Gasteiger partial charge on any atom is -0.240 e. The molecule has 1 saturated carbocycles. The van der Waals surface area contributed by atoms with Crippen LogP contribution in [0.1, 0.15) is 29.7 Å². The summed E-state index contributed by atoms with van der Waals surface area (Å²) in [7, 11) is 0. The highest BCUT2D eigenvalue weighted by atomic mass is 79.9. The van der Waals surface area contributed by atoms with Gasteiger partial charge in [0.2, 0.25) is 0 Å². The van der Waals surface area contributed by atoms with E-state index in [1.807, 2.05) is 17.4 Å². The molecule has 0 spiro atoms. The summed E-state index contributed by atoms with van der Waals surface area (Å²) in [6.45, 7) is 4.48. The molecule has 1 aromatic heterocycles. The Morgan fingerprint density at radius 3 is 2.65 bits per heavy atom. The Kier molecular flexibility index (Phi) is 2.64. The zero-order valence-corrected chi connectivity index (χ0v) is 12.4. The number of aryl methyl sites for hydroxylation is 1. The fourth-order valence-corrected chi connectivity index (χ4v) is 3.56. The van der Waals surface area contributed by atoms with Crippen molar-refractivity contribution in [3.8, 4) is 11.3 Å². The largest absolute Gasteiger partial charge is 0.240 e. The van der Waals surface area contributed by atoms with Crippen molar-refractivity contribution in [1.29, 1.82) is 0 Å². The van der Waals surface area contributed by atoms with Gasteiger partial charge in [0.1, 0.15) is 0 Å². The molecular formula is C14H14BrNS. The zero-order chi connectivity index (χ0) is 12.0. The Balaban J connectivity index is 2.10. The van der Waals surface area contributed by atoms with Gasteiger partial charge in [0.15, 0.2) is 0 Å². The van der Waals surface area contributed by atoms with Gasteiger partial charge in [0.25, 0.3) is 0 Å². The number of thiazole rings is 1. The number of halogens is 1. The van der Waals surface area contributed by atoms with Crippen LogP contribution in [0.25, 0.3) is 11.3 Å². The quantitative estimate of drug-likeness (QED) is 0.766. The summed E-state index contributed by atoms with van der Waals surface area (Å²) >= 11 is 5.46. The van der Waals surface area contributed by atoms with Gasteiger partial charge in [0, 0.05) is 20.3 Å². The lowest BCUT2D eigenvalue weighted by atomic mass is 10.1.